The zero-order valence-corrected chi connectivity index (χ0v) is 12.2. The first kappa shape index (κ1) is 13.1. The van der Waals surface area contributed by atoms with E-state index >= 15 is 0 Å². The molecule has 6 nitrogen and oxygen atoms in total. The van der Waals surface area contributed by atoms with Crippen LogP contribution >= 0.6 is 0 Å². The molecule has 0 spiro atoms. The zero-order chi connectivity index (χ0) is 14.0. The summed E-state index contributed by atoms with van der Waals surface area (Å²) in [4.78, 5) is 0.285. The van der Waals surface area contributed by atoms with Gasteiger partial charge in [-0.2, -0.15) is 9.40 Å². The maximum absolute atomic E-state index is 12.6. The number of hydrogen-bond donors (Lipinski definition) is 1. The smallest absolute Gasteiger partial charge is 0.246 e. The van der Waals surface area contributed by atoms with Crippen molar-refractivity contribution in [2.24, 2.45) is 13.0 Å². The summed E-state index contributed by atoms with van der Waals surface area (Å²) >= 11 is 0. The molecule has 2 fully saturated rings. The molecule has 0 aromatic carbocycles. The Morgan fingerprint density at radius 1 is 1.32 bits per heavy atom. The average molecular weight is 285 g/mol. The van der Waals surface area contributed by atoms with Gasteiger partial charge in [-0.15, -0.1) is 0 Å². The van der Waals surface area contributed by atoms with Crippen molar-refractivity contribution in [3.63, 3.8) is 0 Å². The Kier molecular flexibility index (Phi) is 2.62. The van der Waals surface area contributed by atoms with E-state index in [9.17, 15) is 13.5 Å². The highest BCUT2D eigenvalue weighted by molar-refractivity contribution is 7.89. The fraction of sp³-hybridized carbons (Fsp3) is 0.750. The minimum Gasteiger partial charge on any atom is -0.387 e. The minimum absolute atomic E-state index is 0.216. The lowest BCUT2D eigenvalue weighted by atomic mass is 9.91. The first-order valence-corrected chi connectivity index (χ1v) is 7.92. The second-order valence-corrected chi connectivity index (χ2v) is 7.65. The molecular formula is C12H19N3O3S. The summed E-state index contributed by atoms with van der Waals surface area (Å²) in [5, 5.41) is 14.4. The van der Waals surface area contributed by atoms with Crippen LogP contribution in [0.1, 0.15) is 24.2 Å². The lowest BCUT2D eigenvalue weighted by Crippen LogP contribution is -2.64. The molecule has 1 aromatic rings. The number of sulfonamides is 1. The normalized spacial score (nSPS) is 23.4. The van der Waals surface area contributed by atoms with Crippen molar-refractivity contribution in [2.75, 3.05) is 13.1 Å². The number of β-amino-alcohol motifs (C(OH)–C–C–N with tert-alkyl or cyclic N) is 1. The van der Waals surface area contributed by atoms with E-state index in [-0.39, 0.29) is 23.9 Å². The van der Waals surface area contributed by atoms with E-state index < -0.39 is 15.6 Å². The van der Waals surface area contributed by atoms with Crippen LogP contribution in [0.3, 0.4) is 0 Å². The summed E-state index contributed by atoms with van der Waals surface area (Å²) in [7, 11) is -1.80. The molecule has 7 heteroatoms. The van der Waals surface area contributed by atoms with Crippen LogP contribution in [0.15, 0.2) is 4.90 Å². The summed E-state index contributed by atoms with van der Waals surface area (Å²) in [6, 6.07) is 0. The Balaban J connectivity index is 1.88. The van der Waals surface area contributed by atoms with Gasteiger partial charge in [0.2, 0.25) is 10.0 Å². The lowest BCUT2D eigenvalue weighted by Gasteiger charge is -2.45. The van der Waals surface area contributed by atoms with E-state index in [1.165, 1.54) is 4.31 Å². The van der Waals surface area contributed by atoms with Crippen molar-refractivity contribution >= 4 is 10.0 Å². The third-order valence-electron chi connectivity index (χ3n) is 4.28. The monoisotopic (exact) mass is 285 g/mol. The van der Waals surface area contributed by atoms with Gasteiger partial charge in [-0.3, -0.25) is 4.68 Å². The molecule has 1 saturated heterocycles. The molecule has 1 aliphatic carbocycles. The van der Waals surface area contributed by atoms with Crippen LogP contribution in [0, 0.1) is 19.8 Å². The molecule has 3 rings (SSSR count). The van der Waals surface area contributed by atoms with E-state index in [0.717, 1.165) is 12.8 Å². The zero-order valence-electron chi connectivity index (χ0n) is 11.4. The Hall–Kier alpha value is -0.920. The van der Waals surface area contributed by atoms with Crippen molar-refractivity contribution in [3.8, 4) is 0 Å². The highest BCUT2D eigenvalue weighted by atomic mass is 32.2. The molecule has 2 heterocycles. The van der Waals surface area contributed by atoms with Crippen LogP contribution in [-0.4, -0.2) is 46.3 Å². The third kappa shape index (κ3) is 1.83. The van der Waals surface area contributed by atoms with Gasteiger partial charge in [0, 0.05) is 20.1 Å². The number of aryl methyl sites for hydroxylation is 2. The molecular weight excluding hydrogens is 266 g/mol. The average Bonchev–Trinajstić information content (AvgIpc) is 3.04. The fourth-order valence-electron chi connectivity index (χ4n) is 2.87. The third-order valence-corrected chi connectivity index (χ3v) is 6.32. The van der Waals surface area contributed by atoms with Crippen LogP contribution in [0.2, 0.25) is 0 Å². The predicted molar refractivity (Wildman–Crippen MR) is 69.1 cm³/mol. The maximum Gasteiger partial charge on any atom is 0.246 e. The molecule has 19 heavy (non-hydrogen) atoms. The second-order valence-electron chi connectivity index (χ2n) is 5.77. The van der Waals surface area contributed by atoms with Crippen molar-refractivity contribution in [2.45, 2.75) is 37.2 Å². The van der Waals surface area contributed by atoms with Crippen molar-refractivity contribution in [1.29, 1.82) is 0 Å². The van der Waals surface area contributed by atoms with Gasteiger partial charge in [0.05, 0.1) is 17.0 Å². The van der Waals surface area contributed by atoms with Crippen molar-refractivity contribution < 1.29 is 13.5 Å². The van der Waals surface area contributed by atoms with E-state index in [0.29, 0.717) is 11.4 Å². The molecule has 0 amide bonds. The Bertz CT molecular complexity index is 625. The van der Waals surface area contributed by atoms with Crippen LogP contribution < -0.4 is 0 Å². The largest absolute Gasteiger partial charge is 0.387 e. The molecule has 106 valence electrons. The number of rotatable bonds is 3. The van der Waals surface area contributed by atoms with Crippen molar-refractivity contribution in [1.82, 2.24) is 14.1 Å². The summed E-state index contributed by atoms with van der Waals surface area (Å²) in [5.41, 5.74) is 0.359. The van der Waals surface area contributed by atoms with E-state index in [1.807, 2.05) is 0 Å². The first-order valence-electron chi connectivity index (χ1n) is 6.48. The number of hydrogen-bond acceptors (Lipinski definition) is 4. The van der Waals surface area contributed by atoms with Crippen LogP contribution in [0.25, 0.3) is 0 Å². The molecule has 0 bridgehead atoms. The molecule has 1 saturated carbocycles. The van der Waals surface area contributed by atoms with Crippen LogP contribution in [-0.2, 0) is 17.1 Å². The minimum atomic E-state index is -3.53. The molecule has 0 radical (unpaired) electrons. The number of aliphatic hydroxyl groups is 1. The quantitative estimate of drug-likeness (QED) is 0.860. The SMILES string of the molecule is Cc1nn(C)c(C)c1S(=O)(=O)N1CC(O)(C2CC2)C1. The molecule has 0 atom stereocenters. The fourth-order valence-corrected chi connectivity index (χ4v) is 4.83. The summed E-state index contributed by atoms with van der Waals surface area (Å²) in [6.07, 6.45) is 2.02. The molecule has 1 aliphatic heterocycles. The Labute approximate surface area is 113 Å². The lowest BCUT2D eigenvalue weighted by molar-refractivity contribution is -0.0765. The second kappa shape index (κ2) is 3.80. The Morgan fingerprint density at radius 3 is 2.32 bits per heavy atom. The molecule has 2 aliphatic rings. The summed E-state index contributed by atoms with van der Waals surface area (Å²) in [5.74, 6) is 0.287. The standard InChI is InChI=1S/C12H19N3O3S/c1-8-11(9(2)14(3)13-8)19(17,18)15-6-12(16,7-15)10-4-5-10/h10,16H,4-7H2,1-3H3. The molecule has 0 unspecified atom stereocenters. The van der Waals surface area contributed by atoms with E-state index in [2.05, 4.69) is 5.10 Å². The van der Waals surface area contributed by atoms with Gasteiger partial charge < -0.3 is 5.11 Å². The van der Waals surface area contributed by atoms with E-state index in [1.54, 1.807) is 25.6 Å². The van der Waals surface area contributed by atoms with Gasteiger partial charge in [-0.05, 0) is 32.6 Å². The van der Waals surface area contributed by atoms with Crippen LogP contribution in [0.5, 0.6) is 0 Å². The van der Waals surface area contributed by atoms with Gasteiger partial charge in [-0.1, -0.05) is 0 Å². The topological polar surface area (TPSA) is 75.4 Å². The van der Waals surface area contributed by atoms with Gasteiger partial charge >= 0.3 is 0 Å². The van der Waals surface area contributed by atoms with Gasteiger partial charge in [-0.25, -0.2) is 8.42 Å². The summed E-state index contributed by atoms with van der Waals surface area (Å²) in [6.45, 7) is 3.88. The Morgan fingerprint density at radius 2 is 1.89 bits per heavy atom. The maximum atomic E-state index is 12.6. The van der Waals surface area contributed by atoms with E-state index in [4.69, 9.17) is 0 Å². The van der Waals surface area contributed by atoms with Gasteiger partial charge in [0.15, 0.2) is 0 Å². The number of aromatic nitrogens is 2. The predicted octanol–water partition coefficient (Wildman–Crippen LogP) is 0.182. The van der Waals surface area contributed by atoms with Gasteiger partial charge in [0.25, 0.3) is 0 Å². The number of nitrogens with zero attached hydrogens (tertiary/aromatic N) is 3. The molecule has 1 aromatic heterocycles. The first-order chi connectivity index (χ1) is 8.75. The highest BCUT2D eigenvalue weighted by Gasteiger charge is 2.55. The summed E-state index contributed by atoms with van der Waals surface area (Å²) < 4.78 is 28.1. The van der Waals surface area contributed by atoms with Crippen molar-refractivity contribution in [3.05, 3.63) is 11.4 Å². The highest BCUT2D eigenvalue weighted by Crippen LogP contribution is 2.46. The van der Waals surface area contributed by atoms with Gasteiger partial charge in [0.1, 0.15) is 4.90 Å². The molecule has 1 N–H and O–H groups in total. The van der Waals surface area contributed by atoms with Crippen LogP contribution in [0.4, 0.5) is 0 Å².